The van der Waals surface area contributed by atoms with Crippen LogP contribution in [0.5, 0.6) is 0 Å². The van der Waals surface area contributed by atoms with Crippen molar-refractivity contribution >= 4 is 0 Å². The molecule has 0 saturated heterocycles. The number of rotatable bonds is 5. The minimum atomic E-state index is 0.591. The lowest BCUT2D eigenvalue weighted by atomic mass is 10.1. The van der Waals surface area contributed by atoms with Gasteiger partial charge in [0.2, 0.25) is 0 Å². The first-order valence-corrected chi connectivity index (χ1v) is 8.85. The Morgan fingerprint density at radius 2 is 1.88 bits per heavy atom. The summed E-state index contributed by atoms with van der Waals surface area (Å²) in [6.07, 6.45) is 7.92. The van der Waals surface area contributed by atoms with Crippen molar-refractivity contribution in [2.75, 3.05) is 0 Å². The molecule has 0 amide bonds. The summed E-state index contributed by atoms with van der Waals surface area (Å²) in [6, 6.07) is 16.2. The van der Waals surface area contributed by atoms with Gasteiger partial charge in [-0.3, -0.25) is 4.98 Å². The van der Waals surface area contributed by atoms with Gasteiger partial charge in [0.15, 0.2) is 5.76 Å². The summed E-state index contributed by atoms with van der Waals surface area (Å²) in [4.78, 5) is 8.84. The molecular formula is C21H18N4O. The molecule has 1 fully saturated rings. The average Bonchev–Trinajstić information content (AvgIpc) is 3.28. The molecule has 4 aromatic rings. The van der Waals surface area contributed by atoms with E-state index in [9.17, 15) is 0 Å². The number of imidazole rings is 1. The number of benzene rings is 1. The molecule has 0 radical (unpaired) electrons. The molecule has 3 aromatic heterocycles. The van der Waals surface area contributed by atoms with E-state index in [2.05, 4.69) is 39.0 Å². The predicted molar refractivity (Wildman–Crippen MR) is 98.5 cm³/mol. The maximum atomic E-state index is 5.57. The lowest BCUT2D eigenvalue weighted by Crippen LogP contribution is -2.02. The monoisotopic (exact) mass is 342 g/mol. The normalized spacial score (nSPS) is 13.8. The zero-order valence-corrected chi connectivity index (χ0v) is 14.2. The van der Waals surface area contributed by atoms with Crippen LogP contribution in [0, 0.1) is 0 Å². The van der Waals surface area contributed by atoms with Gasteiger partial charge in [-0.2, -0.15) is 0 Å². The van der Waals surface area contributed by atoms with Crippen LogP contribution in [0.3, 0.4) is 0 Å². The van der Waals surface area contributed by atoms with E-state index < -0.39 is 0 Å². The summed E-state index contributed by atoms with van der Waals surface area (Å²) < 4.78 is 7.77. The summed E-state index contributed by atoms with van der Waals surface area (Å²) >= 11 is 0. The molecule has 5 rings (SSSR count). The molecule has 1 aliphatic carbocycles. The van der Waals surface area contributed by atoms with E-state index in [-0.39, 0.29) is 0 Å². The van der Waals surface area contributed by atoms with Gasteiger partial charge in [0.1, 0.15) is 5.69 Å². The topological polar surface area (TPSA) is 56.7 Å². The van der Waals surface area contributed by atoms with Crippen molar-refractivity contribution < 1.29 is 4.52 Å². The van der Waals surface area contributed by atoms with Crippen molar-refractivity contribution in [3.8, 4) is 22.5 Å². The fraction of sp³-hybridized carbons (Fsp3) is 0.190. The van der Waals surface area contributed by atoms with Crippen LogP contribution in [-0.2, 0) is 6.54 Å². The van der Waals surface area contributed by atoms with Gasteiger partial charge < -0.3 is 9.09 Å². The fourth-order valence-electron chi connectivity index (χ4n) is 3.33. The molecule has 5 heteroatoms. The third-order valence-electron chi connectivity index (χ3n) is 4.73. The number of aromatic nitrogens is 4. The van der Waals surface area contributed by atoms with Crippen molar-refractivity contribution in [3.05, 3.63) is 78.7 Å². The Kier molecular flexibility index (Phi) is 3.63. The quantitative estimate of drug-likeness (QED) is 0.535. The van der Waals surface area contributed by atoms with E-state index in [1.165, 1.54) is 24.1 Å². The SMILES string of the molecule is c1ccc(-c2ncn(Cc3cc(-c4cccnc4)no3)c2C2CC2)cc1. The number of hydrogen-bond donors (Lipinski definition) is 0. The molecule has 0 unspecified atom stereocenters. The highest BCUT2D eigenvalue weighted by atomic mass is 16.5. The lowest BCUT2D eigenvalue weighted by Gasteiger charge is -2.07. The van der Waals surface area contributed by atoms with Crippen molar-refractivity contribution in [3.63, 3.8) is 0 Å². The van der Waals surface area contributed by atoms with Crippen LogP contribution < -0.4 is 0 Å². The van der Waals surface area contributed by atoms with Gasteiger partial charge in [-0.15, -0.1) is 0 Å². The number of nitrogens with zero attached hydrogens (tertiary/aromatic N) is 4. The second-order valence-electron chi connectivity index (χ2n) is 6.67. The molecule has 26 heavy (non-hydrogen) atoms. The summed E-state index contributed by atoms with van der Waals surface area (Å²) in [7, 11) is 0. The highest BCUT2D eigenvalue weighted by molar-refractivity contribution is 5.63. The van der Waals surface area contributed by atoms with Crippen LogP contribution >= 0.6 is 0 Å². The number of pyridine rings is 1. The van der Waals surface area contributed by atoms with Crippen LogP contribution in [0.2, 0.25) is 0 Å². The Labute approximate surface area is 151 Å². The first kappa shape index (κ1) is 15.1. The third kappa shape index (κ3) is 2.81. The second-order valence-corrected chi connectivity index (χ2v) is 6.67. The maximum absolute atomic E-state index is 5.57. The standard InChI is InChI=1S/C21H18N4O/c1-2-5-15(6-3-1)20-21(16-8-9-16)25(14-23-20)13-18-11-19(24-26-18)17-7-4-10-22-12-17/h1-7,10-12,14,16H,8-9,13H2. The predicted octanol–water partition coefficient (Wildman–Crippen LogP) is 4.53. The van der Waals surface area contributed by atoms with Crippen LogP contribution in [0.25, 0.3) is 22.5 Å². The molecule has 0 aliphatic heterocycles. The second kappa shape index (κ2) is 6.26. The smallest absolute Gasteiger partial charge is 0.157 e. The molecule has 0 N–H and O–H groups in total. The van der Waals surface area contributed by atoms with Gasteiger partial charge in [0, 0.05) is 41.2 Å². The molecular weight excluding hydrogens is 324 g/mol. The van der Waals surface area contributed by atoms with Gasteiger partial charge in [0.05, 0.1) is 18.6 Å². The Morgan fingerprint density at radius 1 is 1.04 bits per heavy atom. The van der Waals surface area contributed by atoms with Crippen molar-refractivity contribution in [1.29, 1.82) is 0 Å². The van der Waals surface area contributed by atoms with Crippen molar-refractivity contribution in [2.45, 2.75) is 25.3 Å². The highest BCUT2D eigenvalue weighted by Crippen LogP contribution is 2.44. The fourth-order valence-corrected chi connectivity index (χ4v) is 3.33. The summed E-state index contributed by atoms with van der Waals surface area (Å²) in [5.41, 5.74) is 5.32. The Balaban J connectivity index is 1.46. The van der Waals surface area contributed by atoms with Gasteiger partial charge in [-0.05, 0) is 25.0 Å². The molecule has 1 saturated carbocycles. The number of hydrogen-bond acceptors (Lipinski definition) is 4. The minimum Gasteiger partial charge on any atom is -0.359 e. The van der Waals surface area contributed by atoms with Crippen LogP contribution in [0.4, 0.5) is 0 Å². The minimum absolute atomic E-state index is 0.591. The van der Waals surface area contributed by atoms with E-state index in [1.54, 1.807) is 12.4 Å². The van der Waals surface area contributed by atoms with Crippen LogP contribution in [0.15, 0.2) is 71.8 Å². The molecule has 128 valence electrons. The Morgan fingerprint density at radius 3 is 2.65 bits per heavy atom. The zero-order chi connectivity index (χ0) is 17.3. The Hall–Kier alpha value is -3.21. The van der Waals surface area contributed by atoms with E-state index in [0.29, 0.717) is 12.5 Å². The van der Waals surface area contributed by atoms with Gasteiger partial charge in [-0.1, -0.05) is 35.5 Å². The van der Waals surface area contributed by atoms with Crippen molar-refractivity contribution in [1.82, 2.24) is 19.7 Å². The summed E-state index contributed by atoms with van der Waals surface area (Å²) in [5.74, 6) is 1.41. The average molecular weight is 342 g/mol. The highest BCUT2D eigenvalue weighted by Gasteiger charge is 2.31. The largest absolute Gasteiger partial charge is 0.359 e. The van der Waals surface area contributed by atoms with E-state index in [1.807, 2.05) is 30.6 Å². The molecule has 0 spiro atoms. The van der Waals surface area contributed by atoms with Crippen LogP contribution in [0.1, 0.15) is 30.2 Å². The molecule has 0 atom stereocenters. The van der Waals surface area contributed by atoms with E-state index in [0.717, 1.165) is 22.7 Å². The zero-order valence-electron chi connectivity index (χ0n) is 14.2. The molecule has 1 aromatic carbocycles. The third-order valence-corrected chi connectivity index (χ3v) is 4.73. The van der Waals surface area contributed by atoms with Gasteiger partial charge >= 0.3 is 0 Å². The molecule has 3 heterocycles. The lowest BCUT2D eigenvalue weighted by molar-refractivity contribution is 0.377. The van der Waals surface area contributed by atoms with E-state index in [4.69, 9.17) is 9.51 Å². The molecule has 0 bridgehead atoms. The van der Waals surface area contributed by atoms with Crippen molar-refractivity contribution in [2.24, 2.45) is 0 Å². The summed E-state index contributed by atoms with van der Waals surface area (Å²) in [5, 5.41) is 4.19. The van der Waals surface area contributed by atoms with Gasteiger partial charge in [-0.25, -0.2) is 4.98 Å². The molecule has 5 nitrogen and oxygen atoms in total. The maximum Gasteiger partial charge on any atom is 0.157 e. The Bertz CT molecular complexity index is 1020. The first-order valence-electron chi connectivity index (χ1n) is 8.85. The van der Waals surface area contributed by atoms with E-state index >= 15 is 0 Å². The van der Waals surface area contributed by atoms with Gasteiger partial charge in [0.25, 0.3) is 0 Å². The molecule has 1 aliphatic rings. The van der Waals surface area contributed by atoms with Crippen LogP contribution in [-0.4, -0.2) is 19.7 Å². The first-order chi connectivity index (χ1) is 12.9. The summed E-state index contributed by atoms with van der Waals surface area (Å²) in [6.45, 7) is 0.638.